The van der Waals surface area contributed by atoms with Gasteiger partial charge < -0.3 is 14.5 Å². The van der Waals surface area contributed by atoms with Crippen LogP contribution in [0.15, 0.2) is 96.1 Å². The van der Waals surface area contributed by atoms with Crippen LogP contribution in [0, 0.1) is 0 Å². The van der Waals surface area contributed by atoms with Crippen molar-refractivity contribution in [2.75, 3.05) is 13.1 Å². The molecule has 0 spiro atoms. The predicted molar refractivity (Wildman–Crippen MR) is 200 cm³/mol. The van der Waals surface area contributed by atoms with Crippen LogP contribution in [0.25, 0.3) is 38.5 Å². The van der Waals surface area contributed by atoms with E-state index in [-0.39, 0.29) is 30.9 Å². The maximum atomic E-state index is 13.0. The Kier molecular flexibility index (Phi) is 8.58. The fourth-order valence-corrected chi connectivity index (χ4v) is 7.54. The Morgan fingerprint density at radius 2 is 1.47 bits per heavy atom. The van der Waals surface area contributed by atoms with Gasteiger partial charge in [-0.2, -0.15) is 0 Å². The number of hydrogen-bond donors (Lipinski definition) is 1. The van der Waals surface area contributed by atoms with Gasteiger partial charge in [-0.3, -0.25) is 14.8 Å². The molecule has 0 unspecified atom stereocenters. The van der Waals surface area contributed by atoms with Crippen LogP contribution in [0.2, 0.25) is 0 Å². The summed E-state index contributed by atoms with van der Waals surface area (Å²) in [6.07, 6.45) is 5.73. The Labute approximate surface area is 298 Å². The van der Waals surface area contributed by atoms with Gasteiger partial charge in [0.25, 0.3) is 0 Å². The molecule has 2 amide bonds. The van der Waals surface area contributed by atoms with E-state index in [1.807, 2.05) is 68.3 Å². The summed E-state index contributed by atoms with van der Waals surface area (Å²) < 4.78 is 11.3. The number of likely N-dealkylation sites (tertiary alicyclic amines) is 2. The maximum Gasteiger partial charge on any atom is 0.410 e. The lowest BCUT2D eigenvalue weighted by atomic mass is 9.95. The molecule has 51 heavy (non-hydrogen) atoms. The molecule has 9 nitrogen and oxygen atoms in total. The van der Waals surface area contributed by atoms with Crippen LogP contribution < -0.4 is 0 Å². The molecule has 0 saturated carbocycles. The van der Waals surface area contributed by atoms with Crippen molar-refractivity contribution in [1.82, 2.24) is 19.8 Å². The van der Waals surface area contributed by atoms with Crippen molar-refractivity contribution in [1.29, 1.82) is 0 Å². The maximum absolute atomic E-state index is 13.0. The Hall–Kier alpha value is -5.44. The first-order valence-corrected chi connectivity index (χ1v) is 18.0. The van der Waals surface area contributed by atoms with Crippen molar-refractivity contribution in [3.05, 3.63) is 108 Å². The number of ether oxygens (including phenoxy) is 2. The number of fused-ring (bicyclic) bond motifs is 2. The SMILES string of the molecule is CC(C)(C)OC(=O)N1CCC[C@H]1c1nc2ccc(-c3ccc4cc(C5=CN=C([C@@H]6CCCN6C(=O)OCc6ccccc6)C5)ccc4c3)cc2[nH]1. The number of imidazole rings is 1. The quantitative estimate of drug-likeness (QED) is 0.193. The Balaban J connectivity index is 0.938. The molecule has 260 valence electrons. The third-order valence-corrected chi connectivity index (χ3v) is 10.1. The molecule has 0 aliphatic carbocycles. The van der Waals surface area contributed by atoms with E-state index in [1.165, 1.54) is 0 Å². The summed E-state index contributed by atoms with van der Waals surface area (Å²) in [4.78, 5) is 42.7. The van der Waals surface area contributed by atoms with E-state index < -0.39 is 5.60 Å². The number of hydrogen-bond acceptors (Lipinski definition) is 6. The van der Waals surface area contributed by atoms with E-state index in [0.717, 1.165) is 93.3 Å². The third-order valence-electron chi connectivity index (χ3n) is 10.1. The van der Waals surface area contributed by atoms with Gasteiger partial charge >= 0.3 is 12.2 Å². The molecule has 2 fully saturated rings. The van der Waals surface area contributed by atoms with E-state index >= 15 is 0 Å². The molecule has 0 radical (unpaired) electrons. The normalized spacial score (nSPS) is 19.1. The highest BCUT2D eigenvalue weighted by atomic mass is 16.6. The average Bonchev–Trinajstić information content (AvgIpc) is 3.95. The molecule has 1 aromatic heterocycles. The number of amides is 2. The van der Waals surface area contributed by atoms with E-state index in [4.69, 9.17) is 19.5 Å². The second kappa shape index (κ2) is 13.4. The summed E-state index contributed by atoms with van der Waals surface area (Å²) >= 11 is 0. The number of allylic oxidation sites excluding steroid dienone is 1. The monoisotopic (exact) mass is 681 g/mol. The minimum atomic E-state index is -0.542. The zero-order valence-corrected chi connectivity index (χ0v) is 29.4. The zero-order chi connectivity index (χ0) is 35.1. The van der Waals surface area contributed by atoms with Crippen molar-refractivity contribution in [2.45, 2.75) is 77.2 Å². The number of aromatic amines is 1. The van der Waals surface area contributed by atoms with Gasteiger partial charge in [0.1, 0.15) is 18.0 Å². The molecule has 2 saturated heterocycles. The fraction of sp³-hybridized carbons (Fsp3) is 0.333. The van der Waals surface area contributed by atoms with Crippen LogP contribution in [-0.2, 0) is 16.1 Å². The van der Waals surface area contributed by atoms with E-state index in [0.29, 0.717) is 13.1 Å². The summed E-state index contributed by atoms with van der Waals surface area (Å²) in [5.41, 5.74) is 7.81. The van der Waals surface area contributed by atoms with Gasteiger partial charge in [-0.25, -0.2) is 14.6 Å². The molecule has 2 atom stereocenters. The highest BCUT2D eigenvalue weighted by molar-refractivity contribution is 6.03. The minimum Gasteiger partial charge on any atom is -0.445 e. The molecule has 9 heteroatoms. The van der Waals surface area contributed by atoms with Gasteiger partial charge in [0, 0.05) is 31.4 Å². The predicted octanol–water partition coefficient (Wildman–Crippen LogP) is 9.44. The molecule has 4 aromatic carbocycles. The first kappa shape index (κ1) is 32.7. The molecule has 3 aliphatic rings. The largest absolute Gasteiger partial charge is 0.445 e. The molecular formula is C42H43N5O4. The van der Waals surface area contributed by atoms with Crippen molar-refractivity contribution in [2.24, 2.45) is 4.99 Å². The van der Waals surface area contributed by atoms with Gasteiger partial charge in [-0.1, -0.05) is 60.7 Å². The summed E-state index contributed by atoms with van der Waals surface area (Å²) in [5, 5.41) is 2.31. The molecule has 3 aliphatic heterocycles. The van der Waals surface area contributed by atoms with Crippen LogP contribution in [0.5, 0.6) is 0 Å². The molecule has 0 bridgehead atoms. The second-order valence-corrected chi connectivity index (χ2v) is 14.8. The molecular weight excluding hydrogens is 638 g/mol. The molecule has 1 N–H and O–H groups in total. The molecule has 5 aromatic rings. The van der Waals surface area contributed by atoms with Gasteiger partial charge in [-0.15, -0.1) is 0 Å². The van der Waals surface area contributed by atoms with Gasteiger partial charge in [-0.05, 0) is 109 Å². The number of H-pyrrole nitrogens is 1. The zero-order valence-electron chi connectivity index (χ0n) is 29.4. The highest BCUT2D eigenvalue weighted by Crippen LogP contribution is 2.35. The van der Waals surface area contributed by atoms with Gasteiger partial charge in [0.15, 0.2) is 0 Å². The topological polar surface area (TPSA) is 100 Å². The van der Waals surface area contributed by atoms with E-state index in [1.54, 1.807) is 4.90 Å². The van der Waals surface area contributed by atoms with Crippen LogP contribution >= 0.6 is 0 Å². The van der Waals surface area contributed by atoms with Crippen molar-refractivity contribution in [3.63, 3.8) is 0 Å². The van der Waals surface area contributed by atoms with Crippen molar-refractivity contribution >= 4 is 45.3 Å². The van der Waals surface area contributed by atoms with Gasteiger partial charge in [0.2, 0.25) is 0 Å². The van der Waals surface area contributed by atoms with Crippen LogP contribution in [0.3, 0.4) is 0 Å². The summed E-state index contributed by atoms with van der Waals surface area (Å²) in [6.45, 7) is 7.30. The summed E-state index contributed by atoms with van der Waals surface area (Å²) in [7, 11) is 0. The standard InChI is InChI=1S/C42H43N5O4/c1-42(2,3)51-41(49)47-20-8-12-38(47)39-44-34-18-17-32(23-35(34)45-39)30-14-13-29-22-31(16-15-28(29)21-30)33-24-36(43-25-33)37-11-7-19-46(37)40(48)50-26-27-9-5-4-6-10-27/h4-6,9-10,13-18,21-23,25,37-38H,7-8,11-12,19-20,24,26H2,1-3H3,(H,44,45)/t37-,38-/m0/s1. The molecule has 8 rings (SSSR count). The summed E-state index contributed by atoms with van der Waals surface area (Å²) in [6, 6.07) is 29.0. The Morgan fingerprint density at radius 1 is 0.804 bits per heavy atom. The number of nitrogens with one attached hydrogen (secondary N) is 1. The Morgan fingerprint density at radius 3 is 2.24 bits per heavy atom. The van der Waals surface area contributed by atoms with Crippen molar-refractivity contribution < 1.29 is 19.1 Å². The number of benzene rings is 4. The number of aromatic nitrogens is 2. The van der Waals surface area contributed by atoms with E-state index in [9.17, 15) is 9.59 Å². The van der Waals surface area contributed by atoms with Crippen molar-refractivity contribution in [3.8, 4) is 11.1 Å². The lowest BCUT2D eigenvalue weighted by molar-refractivity contribution is 0.0219. The van der Waals surface area contributed by atoms with E-state index in [2.05, 4.69) is 53.5 Å². The first-order valence-electron chi connectivity index (χ1n) is 18.0. The fourth-order valence-electron chi connectivity index (χ4n) is 7.54. The average molecular weight is 682 g/mol. The molecule has 4 heterocycles. The lowest BCUT2D eigenvalue weighted by Gasteiger charge is -2.27. The highest BCUT2D eigenvalue weighted by Gasteiger charge is 2.36. The van der Waals surface area contributed by atoms with Crippen LogP contribution in [-0.4, -0.2) is 62.4 Å². The lowest BCUT2D eigenvalue weighted by Crippen LogP contribution is -2.40. The number of rotatable bonds is 6. The Bertz CT molecular complexity index is 2180. The smallest absolute Gasteiger partial charge is 0.410 e. The third kappa shape index (κ3) is 6.85. The van der Waals surface area contributed by atoms with Crippen LogP contribution in [0.1, 0.15) is 75.9 Å². The number of carbonyl (C=O) groups is 2. The number of nitrogens with zero attached hydrogens (tertiary/aromatic N) is 4. The van der Waals surface area contributed by atoms with Crippen LogP contribution in [0.4, 0.5) is 9.59 Å². The summed E-state index contributed by atoms with van der Waals surface area (Å²) in [5.74, 6) is 0.800. The van der Waals surface area contributed by atoms with Gasteiger partial charge in [0.05, 0.1) is 23.1 Å². The second-order valence-electron chi connectivity index (χ2n) is 14.8. The first-order chi connectivity index (χ1) is 24.7. The number of aliphatic imine (C=N–C) groups is 1. The minimum absolute atomic E-state index is 0.0320. The number of carbonyl (C=O) groups excluding carboxylic acids is 2.